The number of aliphatic hydroxyl groups is 1. The zero-order valence-corrected chi connectivity index (χ0v) is 21.7. The molecule has 4 aliphatic heterocycles. The van der Waals surface area contributed by atoms with Crippen molar-refractivity contribution in [2.45, 2.75) is 63.4 Å². The van der Waals surface area contributed by atoms with E-state index in [4.69, 9.17) is 9.47 Å². The fourth-order valence-electron chi connectivity index (χ4n) is 6.59. The maximum absolute atomic E-state index is 14.4. The van der Waals surface area contributed by atoms with Crippen molar-refractivity contribution < 1.29 is 29.0 Å². The van der Waals surface area contributed by atoms with Crippen molar-refractivity contribution in [1.29, 1.82) is 0 Å². The van der Waals surface area contributed by atoms with Gasteiger partial charge < -0.3 is 24.4 Å². The molecule has 1 unspecified atom stereocenters. The first-order valence-corrected chi connectivity index (χ1v) is 13.3. The first-order valence-electron chi connectivity index (χ1n) is 13.3. The molecule has 0 radical (unpaired) electrons. The van der Waals surface area contributed by atoms with Crippen LogP contribution in [-0.4, -0.2) is 75.7 Å². The number of amides is 2. The monoisotopic (exact) mass is 508 g/mol. The van der Waals surface area contributed by atoms with E-state index in [0.29, 0.717) is 25.9 Å². The molecule has 8 nitrogen and oxygen atoms in total. The second-order valence-corrected chi connectivity index (χ2v) is 10.8. The van der Waals surface area contributed by atoms with Gasteiger partial charge in [-0.1, -0.05) is 74.9 Å². The van der Waals surface area contributed by atoms with Gasteiger partial charge in [0.15, 0.2) is 0 Å². The molecule has 8 heteroatoms. The van der Waals surface area contributed by atoms with Crippen LogP contribution in [0.4, 0.5) is 0 Å². The van der Waals surface area contributed by atoms with Crippen molar-refractivity contribution in [3.63, 3.8) is 0 Å². The van der Waals surface area contributed by atoms with Crippen LogP contribution in [0.5, 0.6) is 0 Å². The molecule has 0 bridgehead atoms. The smallest absolute Gasteiger partial charge is 0.313 e. The van der Waals surface area contributed by atoms with Gasteiger partial charge in [0.2, 0.25) is 11.8 Å². The van der Waals surface area contributed by atoms with E-state index >= 15 is 0 Å². The lowest BCUT2D eigenvalue weighted by molar-refractivity contribution is -0.162. The summed E-state index contributed by atoms with van der Waals surface area (Å²) >= 11 is 0. The molecule has 4 aliphatic rings. The minimum atomic E-state index is -1.35. The Bertz CT molecular complexity index is 1120. The molecule has 0 saturated carbocycles. The number of rotatable bonds is 6. The maximum Gasteiger partial charge on any atom is 0.313 e. The van der Waals surface area contributed by atoms with E-state index in [0.717, 1.165) is 5.56 Å². The Labute approximate surface area is 217 Å². The Morgan fingerprint density at radius 2 is 1.84 bits per heavy atom. The number of cyclic esters (lactones) is 1. The molecule has 1 aromatic rings. The third kappa shape index (κ3) is 4.01. The van der Waals surface area contributed by atoms with Crippen LogP contribution in [0, 0.1) is 17.8 Å². The molecular weight excluding hydrogens is 472 g/mol. The van der Waals surface area contributed by atoms with E-state index in [9.17, 15) is 19.5 Å². The van der Waals surface area contributed by atoms with Crippen LogP contribution >= 0.6 is 0 Å². The molecule has 2 fully saturated rings. The summed E-state index contributed by atoms with van der Waals surface area (Å²) in [5.41, 5.74) is -1.49. The molecular formula is C29H36N2O6. The molecule has 0 aliphatic carbocycles. The third-order valence-corrected chi connectivity index (χ3v) is 8.60. The highest BCUT2D eigenvalue weighted by Gasteiger charge is 2.75. The number of benzene rings is 1. The van der Waals surface area contributed by atoms with E-state index in [1.807, 2.05) is 68.5 Å². The summed E-state index contributed by atoms with van der Waals surface area (Å²) in [6.45, 7) is 6.41. The molecule has 4 heterocycles. The first-order chi connectivity index (χ1) is 17.8. The summed E-state index contributed by atoms with van der Waals surface area (Å²) in [5.74, 6) is -2.99. The molecule has 1 N–H and O–H groups in total. The molecule has 5 rings (SSSR count). The Morgan fingerprint density at radius 1 is 1.08 bits per heavy atom. The number of carbonyl (C=O) groups excluding carboxylic acids is 3. The van der Waals surface area contributed by atoms with E-state index in [1.54, 1.807) is 11.8 Å². The summed E-state index contributed by atoms with van der Waals surface area (Å²) in [5, 5.41) is 10.5. The van der Waals surface area contributed by atoms with Crippen molar-refractivity contribution in [3.05, 3.63) is 60.2 Å². The lowest BCUT2D eigenvalue weighted by atomic mass is 9.74. The van der Waals surface area contributed by atoms with E-state index < -0.39 is 41.1 Å². The highest BCUT2D eigenvalue weighted by atomic mass is 16.6. The normalized spacial score (nSPS) is 34.7. The third-order valence-electron chi connectivity index (χ3n) is 8.60. The Kier molecular flexibility index (Phi) is 6.75. The highest BCUT2D eigenvalue weighted by molar-refractivity contribution is 5.99. The molecule has 7 atom stereocenters. The fourth-order valence-corrected chi connectivity index (χ4v) is 6.59. The summed E-state index contributed by atoms with van der Waals surface area (Å²) < 4.78 is 12.3. The predicted octanol–water partition coefficient (Wildman–Crippen LogP) is 2.47. The highest BCUT2D eigenvalue weighted by Crippen LogP contribution is 2.57. The number of likely N-dealkylation sites (tertiary alicyclic amines) is 1. The molecule has 1 spiro atoms. The average molecular weight is 509 g/mol. The van der Waals surface area contributed by atoms with Gasteiger partial charge in [0.25, 0.3) is 0 Å². The number of nitrogens with zero attached hydrogens (tertiary/aromatic N) is 2. The number of hydrogen-bond acceptors (Lipinski definition) is 6. The second-order valence-electron chi connectivity index (χ2n) is 10.8. The Morgan fingerprint density at radius 3 is 2.54 bits per heavy atom. The fraction of sp³-hybridized carbons (Fsp3) is 0.552. The van der Waals surface area contributed by atoms with Gasteiger partial charge in [0, 0.05) is 13.1 Å². The van der Waals surface area contributed by atoms with Crippen LogP contribution in [0.2, 0.25) is 0 Å². The van der Waals surface area contributed by atoms with Gasteiger partial charge >= 0.3 is 5.97 Å². The topological polar surface area (TPSA) is 96.4 Å². The summed E-state index contributed by atoms with van der Waals surface area (Å²) in [6.07, 6.45) is 8.73. The van der Waals surface area contributed by atoms with E-state index in [-0.39, 0.29) is 30.9 Å². The maximum atomic E-state index is 14.4. The SMILES string of the molecule is CC[C@H](C)[C@H](CO)N1C(=O)[C@@H]2[C@H]3C(=O)OCCC=C[C@@]3(C)O[C@@]23C=CCN(Cc2ccccc2)C(=O)C13. The van der Waals surface area contributed by atoms with Crippen molar-refractivity contribution in [3.8, 4) is 0 Å². The van der Waals surface area contributed by atoms with E-state index in [2.05, 4.69) is 0 Å². The number of hydrogen-bond donors (Lipinski definition) is 1. The van der Waals surface area contributed by atoms with Crippen molar-refractivity contribution in [2.24, 2.45) is 17.8 Å². The summed E-state index contributed by atoms with van der Waals surface area (Å²) in [4.78, 5) is 45.3. The molecule has 2 amide bonds. The zero-order chi connectivity index (χ0) is 26.4. The van der Waals surface area contributed by atoms with Crippen LogP contribution in [-0.2, 0) is 30.4 Å². The molecule has 2 saturated heterocycles. The average Bonchev–Trinajstić information content (AvgIpc) is 3.21. The molecule has 198 valence electrons. The number of esters is 1. The van der Waals surface area contributed by atoms with Gasteiger partial charge in [0.1, 0.15) is 17.6 Å². The van der Waals surface area contributed by atoms with Crippen LogP contribution in [0.15, 0.2) is 54.6 Å². The summed E-state index contributed by atoms with van der Waals surface area (Å²) in [7, 11) is 0. The van der Waals surface area contributed by atoms with Crippen molar-refractivity contribution in [2.75, 3.05) is 19.8 Å². The van der Waals surface area contributed by atoms with Gasteiger partial charge in [-0.2, -0.15) is 0 Å². The zero-order valence-electron chi connectivity index (χ0n) is 21.7. The predicted molar refractivity (Wildman–Crippen MR) is 136 cm³/mol. The largest absolute Gasteiger partial charge is 0.465 e. The van der Waals surface area contributed by atoms with Crippen LogP contribution in [0.1, 0.15) is 39.2 Å². The number of ether oxygens (including phenoxy) is 2. The van der Waals surface area contributed by atoms with Gasteiger partial charge in [-0.25, -0.2) is 0 Å². The number of aliphatic hydroxyl groups excluding tert-OH is 1. The minimum Gasteiger partial charge on any atom is -0.465 e. The van der Waals surface area contributed by atoms with Crippen molar-refractivity contribution in [1.82, 2.24) is 9.80 Å². The van der Waals surface area contributed by atoms with Gasteiger partial charge in [-0.05, 0) is 24.8 Å². The lowest BCUT2D eigenvalue weighted by Crippen LogP contribution is -2.59. The molecule has 0 aromatic heterocycles. The Balaban J connectivity index is 1.64. The number of carbonyl (C=O) groups is 3. The van der Waals surface area contributed by atoms with Crippen molar-refractivity contribution >= 4 is 17.8 Å². The molecule has 37 heavy (non-hydrogen) atoms. The van der Waals surface area contributed by atoms with Crippen LogP contribution in [0.25, 0.3) is 0 Å². The standard InChI is InChI=1S/C29H36N2O6/c1-4-19(2)21(18-32)31-24-26(34)30(17-20-11-6-5-7-12-20)15-10-14-29(24)22(25(31)33)23-27(35)36-16-9-8-13-28(23,3)37-29/h5-8,10-14,19,21-24,32H,4,9,15-18H2,1-3H3/t19-,21-,22-,23-,24?,28+,29-/m0/s1. The van der Waals surface area contributed by atoms with Crippen LogP contribution in [0.3, 0.4) is 0 Å². The summed E-state index contributed by atoms with van der Waals surface area (Å²) in [6, 6.07) is 8.10. The lowest BCUT2D eigenvalue weighted by Gasteiger charge is -2.41. The van der Waals surface area contributed by atoms with E-state index in [1.165, 1.54) is 4.90 Å². The second kappa shape index (κ2) is 9.72. The first kappa shape index (κ1) is 25.7. The minimum absolute atomic E-state index is 0.0667. The van der Waals surface area contributed by atoms with Crippen LogP contribution < -0.4 is 0 Å². The Hall–Kier alpha value is -2.97. The van der Waals surface area contributed by atoms with Gasteiger partial charge in [-0.15, -0.1) is 0 Å². The van der Waals surface area contributed by atoms with Gasteiger partial charge in [-0.3, -0.25) is 14.4 Å². The van der Waals surface area contributed by atoms with Gasteiger partial charge in [0.05, 0.1) is 30.8 Å². The quantitative estimate of drug-likeness (QED) is 0.469. The molecule has 1 aromatic carbocycles. The number of fused-ring (bicyclic) bond motifs is 2.